The van der Waals surface area contributed by atoms with Crippen LogP contribution in [-0.2, 0) is 9.53 Å². The quantitative estimate of drug-likeness (QED) is 0.881. The van der Waals surface area contributed by atoms with Gasteiger partial charge in [0.1, 0.15) is 6.04 Å². The van der Waals surface area contributed by atoms with E-state index in [0.717, 1.165) is 0 Å². The minimum absolute atomic E-state index is 0. The summed E-state index contributed by atoms with van der Waals surface area (Å²) >= 11 is 0. The van der Waals surface area contributed by atoms with Gasteiger partial charge in [0, 0.05) is 11.6 Å². The molecule has 0 amide bonds. The molecule has 2 rings (SSSR count). The lowest BCUT2D eigenvalue weighted by Gasteiger charge is -2.22. The highest BCUT2D eigenvalue weighted by Gasteiger charge is 2.48. The molecule has 2 N–H and O–H groups in total. The number of nitrogens with two attached hydrogens (primary N) is 1. The molecule has 0 saturated carbocycles. The number of ether oxygens (including phenoxy) is 1. The highest BCUT2D eigenvalue weighted by Crippen LogP contribution is 2.33. The molecule has 7 heteroatoms. The first-order valence-corrected chi connectivity index (χ1v) is 6.12. The second-order valence-corrected chi connectivity index (χ2v) is 4.24. The van der Waals surface area contributed by atoms with E-state index in [9.17, 15) is 13.6 Å². The van der Waals surface area contributed by atoms with E-state index in [0.29, 0.717) is 10.9 Å². The third-order valence-electron chi connectivity index (χ3n) is 2.96. The predicted octanol–water partition coefficient (Wildman–Crippen LogP) is 2.85. The van der Waals surface area contributed by atoms with Gasteiger partial charge < -0.3 is 10.5 Å². The molecule has 0 aliphatic carbocycles. The Balaban J connectivity index is 0.00000220. The van der Waals surface area contributed by atoms with Gasteiger partial charge in [-0.15, -0.1) is 12.4 Å². The molecular formula is C14H15ClF2N2O2. The summed E-state index contributed by atoms with van der Waals surface area (Å²) in [6.07, 6.45) is 1.39. The van der Waals surface area contributed by atoms with Gasteiger partial charge >= 0.3 is 11.9 Å². The van der Waals surface area contributed by atoms with Crippen LogP contribution in [0, 0.1) is 0 Å². The third kappa shape index (κ3) is 3.28. The van der Waals surface area contributed by atoms with Crippen molar-refractivity contribution in [3.63, 3.8) is 0 Å². The first kappa shape index (κ1) is 17.3. The second kappa shape index (κ2) is 6.78. The lowest BCUT2D eigenvalue weighted by Crippen LogP contribution is -2.41. The van der Waals surface area contributed by atoms with E-state index in [1.54, 1.807) is 24.3 Å². The van der Waals surface area contributed by atoms with Gasteiger partial charge in [-0.2, -0.15) is 8.78 Å². The highest BCUT2D eigenvalue weighted by molar-refractivity contribution is 5.85. The van der Waals surface area contributed by atoms with Gasteiger partial charge in [-0.25, -0.2) is 4.79 Å². The molecule has 0 aliphatic rings. The molecule has 1 aromatic heterocycles. The van der Waals surface area contributed by atoms with Gasteiger partial charge in [0.2, 0.25) is 0 Å². The number of fused-ring (bicyclic) bond motifs is 1. The highest BCUT2D eigenvalue weighted by atomic mass is 35.5. The first-order valence-electron chi connectivity index (χ1n) is 6.12. The molecule has 1 heterocycles. The third-order valence-corrected chi connectivity index (χ3v) is 2.96. The molecule has 0 saturated heterocycles. The number of halogens is 3. The van der Waals surface area contributed by atoms with Crippen molar-refractivity contribution >= 4 is 29.3 Å². The lowest BCUT2D eigenvalue weighted by molar-refractivity contribution is -0.174. The number of hydrogen-bond donors (Lipinski definition) is 1. The molecule has 0 spiro atoms. The zero-order chi connectivity index (χ0) is 14.8. The number of esters is 1. The first-order chi connectivity index (χ1) is 9.48. The van der Waals surface area contributed by atoms with Gasteiger partial charge in [-0.3, -0.25) is 4.98 Å². The fraction of sp³-hybridized carbons (Fsp3) is 0.286. The summed E-state index contributed by atoms with van der Waals surface area (Å²) in [7, 11) is 0. The maximum atomic E-state index is 14.0. The predicted molar refractivity (Wildman–Crippen MR) is 77.5 cm³/mol. The Bertz CT molecular complexity index is 632. The van der Waals surface area contributed by atoms with E-state index in [-0.39, 0.29) is 24.6 Å². The Morgan fingerprint density at radius 2 is 2.05 bits per heavy atom. The van der Waals surface area contributed by atoms with Crippen molar-refractivity contribution < 1.29 is 18.3 Å². The Kier molecular flexibility index (Phi) is 5.57. The van der Waals surface area contributed by atoms with Gasteiger partial charge in [0.05, 0.1) is 12.1 Å². The van der Waals surface area contributed by atoms with Crippen molar-refractivity contribution in [2.75, 3.05) is 6.61 Å². The fourth-order valence-corrected chi connectivity index (χ4v) is 1.94. The van der Waals surface area contributed by atoms with Crippen molar-refractivity contribution in [1.29, 1.82) is 0 Å². The van der Waals surface area contributed by atoms with Crippen molar-refractivity contribution in [2.45, 2.75) is 18.9 Å². The molecule has 2 aromatic rings. The van der Waals surface area contributed by atoms with Crippen LogP contribution < -0.4 is 5.73 Å². The number of benzene rings is 1. The summed E-state index contributed by atoms with van der Waals surface area (Å²) in [5.74, 6) is -5.41. The second-order valence-electron chi connectivity index (χ2n) is 4.24. The van der Waals surface area contributed by atoms with Gasteiger partial charge in [0.25, 0.3) is 0 Å². The van der Waals surface area contributed by atoms with Gasteiger partial charge in [0.15, 0.2) is 0 Å². The van der Waals surface area contributed by atoms with Crippen LogP contribution in [-0.4, -0.2) is 23.5 Å². The van der Waals surface area contributed by atoms with Crippen LogP contribution in [0.5, 0.6) is 0 Å². The standard InChI is InChI=1S/C14H14F2N2O2.ClH/c1-2-20-13(19)14(15,16)12(17)10-7-8-18-11-6-4-3-5-9(10)11;/h3-8,12H,2,17H2,1H3;1H/t12-;/m0./s1. The number of aromatic nitrogens is 1. The average molecular weight is 317 g/mol. The summed E-state index contributed by atoms with van der Waals surface area (Å²) in [5.41, 5.74) is 6.29. The summed E-state index contributed by atoms with van der Waals surface area (Å²) < 4.78 is 32.4. The zero-order valence-corrected chi connectivity index (χ0v) is 12.1. The normalized spacial score (nSPS) is 12.6. The molecule has 21 heavy (non-hydrogen) atoms. The molecule has 0 radical (unpaired) electrons. The number of carbonyl (C=O) groups excluding carboxylic acids is 1. The molecule has 0 unspecified atom stereocenters. The van der Waals surface area contributed by atoms with E-state index in [1.165, 1.54) is 19.2 Å². The Hall–Kier alpha value is -1.79. The summed E-state index contributed by atoms with van der Waals surface area (Å²) in [6.45, 7) is 1.33. The molecule has 114 valence electrons. The SMILES string of the molecule is CCOC(=O)C(F)(F)[C@@H](N)c1ccnc2ccccc12.Cl. The van der Waals surface area contributed by atoms with Crippen LogP contribution in [0.25, 0.3) is 10.9 Å². The molecule has 0 fully saturated rings. The fourth-order valence-electron chi connectivity index (χ4n) is 1.94. The molecule has 1 atom stereocenters. The molecular weight excluding hydrogens is 302 g/mol. The van der Waals surface area contributed by atoms with E-state index in [4.69, 9.17) is 5.73 Å². The molecule has 1 aromatic carbocycles. The van der Waals surface area contributed by atoms with E-state index < -0.39 is 17.9 Å². The Morgan fingerprint density at radius 1 is 1.38 bits per heavy atom. The number of hydrogen-bond acceptors (Lipinski definition) is 4. The molecule has 4 nitrogen and oxygen atoms in total. The number of rotatable bonds is 4. The van der Waals surface area contributed by atoms with E-state index in [2.05, 4.69) is 9.72 Å². The minimum Gasteiger partial charge on any atom is -0.462 e. The largest absolute Gasteiger partial charge is 0.462 e. The van der Waals surface area contributed by atoms with Crippen LogP contribution in [0.3, 0.4) is 0 Å². The van der Waals surface area contributed by atoms with Crippen molar-refractivity contribution in [3.8, 4) is 0 Å². The minimum atomic E-state index is -3.79. The number of alkyl halides is 2. The van der Waals surface area contributed by atoms with Crippen LogP contribution in [0.15, 0.2) is 36.5 Å². The van der Waals surface area contributed by atoms with Crippen molar-refractivity contribution in [3.05, 3.63) is 42.1 Å². The topological polar surface area (TPSA) is 65.2 Å². The van der Waals surface area contributed by atoms with Crippen LogP contribution in [0.2, 0.25) is 0 Å². The molecule has 0 aliphatic heterocycles. The van der Waals surface area contributed by atoms with E-state index in [1.807, 2.05) is 0 Å². The van der Waals surface area contributed by atoms with Crippen LogP contribution >= 0.6 is 12.4 Å². The van der Waals surface area contributed by atoms with Gasteiger partial charge in [-0.1, -0.05) is 18.2 Å². The number of carbonyl (C=O) groups is 1. The maximum Gasteiger partial charge on any atom is 0.379 e. The summed E-state index contributed by atoms with van der Waals surface area (Å²) in [4.78, 5) is 15.4. The number of para-hydroxylation sites is 1. The Morgan fingerprint density at radius 3 is 2.71 bits per heavy atom. The number of pyridine rings is 1. The number of nitrogens with zero attached hydrogens (tertiary/aromatic N) is 1. The maximum absolute atomic E-state index is 14.0. The average Bonchev–Trinajstić information content (AvgIpc) is 2.46. The smallest absolute Gasteiger partial charge is 0.379 e. The van der Waals surface area contributed by atoms with Crippen LogP contribution in [0.1, 0.15) is 18.5 Å². The van der Waals surface area contributed by atoms with Crippen molar-refractivity contribution in [1.82, 2.24) is 4.98 Å². The molecule has 0 bridgehead atoms. The zero-order valence-electron chi connectivity index (χ0n) is 11.3. The van der Waals surface area contributed by atoms with Gasteiger partial charge in [-0.05, 0) is 24.6 Å². The summed E-state index contributed by atoms with van der Waals surface area (Å²) in [6, 6.07) is 6.37. The monoisotopic (exact) mass is 316 g/mol. The van der Waals surface area contributed by atoms with E-state index >= 15 is 0 Å². The van der Waals surface area contributed by atoms with Crippen molar-refractivity contribution in [2.24, 2.45) is 5.73 Å². The summed E-state index contributed by atoms with van der Waals surface area (Å²) in [5, 5.41) is 0.492. The van der Waals surface area contributed by atoms with Crippen LogP contribution in [0.4, 0.5) is 8.78 Å². The lowest BCUT2D eigenvalue weighted by atomic mass is 9.98. The Labute approximate surface area is 126 Å².